The molecule has 2 N–H and O–H groups in total. The van der Waals surface area contributed by atoms with E-state index in [1.807, 2.05) is 13.1 Å². The van der Waals surface area contributed by atoms with E-state index >= 15 is 0 Å². The van der Waals surface area contributed by atoms with Crippen molar-refractivity contribution in [2.75, 3.05) is 25.0 Å². The van der Waals surface area contributed by atoms with E-state index in [0.29, 0.717) is 18.0 Å². The van der Waals surface area contributed by atoms with Gasteiger partial charge in [-0.05, 0) is 43.0 Å². The summed E-state index contributed by atoms with van der Waals surface area (Å²) in [5.41, 5.74) is 2.37. The lowest BCUT2D eigenvalue weighted by atomic mass is 10.0. The highest BCUT2D eigenvalue weighted by Crippen LogP contribution is 2.40. The average molecular weight is 366 g/mol. The lowest BCUT2D eigenvalue weighted by Crippen LogP contribution is -2.49. The monoisotopic (exact) mass is 366 g/mol. The molecule has 2 aliphatic rings. The molecule has 2 fully saturated rings. The molecule has 2 aromatic carbocycles. The van der Waals surface area contributed by atoms with Crippen LogP contribution in [0.3, 0.4) is 0 Å². The third-order valence-corrected chi connectivity index (χ3v) is 5.57. The number of guanidine groups is 1. The second-order valence-electron chi connectivity index (χ2n) is 7.46. The molecule has 2 aromatic rings. The Kier molecular flexibility index (Phi) is 5.28. The number of benzene rings is 2. The standard InChI is InChI=1S/C22H27FN4/c1-24-22(26-21-15-20(21)16-6-3-2-4-7-16)25-18-10-12-27(13-11-18)19-9-5-8-17(23)14-19/h2-9,14,18,20-21H,10-13,15H2,1H3,(H2,24,25,26). The summed E-state index contributed by atoms with van der Waals surface area (Å²) >= 11 is 0. The molecule has 1 saturated carbocycles. The average Bonchev–Trinajstić information content (AvgIpc) is 3.48. The molecule has 0 bridgehead atoms. The highest BCUT2D eigenvalue weighted by atomic mass is 19.1. The van der Waals surface area contributed by atoms with E-state index in [1.165, 1.54) is 11.6 Å². The fourth-order valence-corrected chi connectivity index (χ4v) is 3.92. The van der Waals surface area contributed by atoms with Gasteiger partial charge in [-0.2, -0.15) is 0 Å². The smallest absolute Gasteiger partial charge is 0.191 e. The first kappa shape index (κ1) is 17.8. The van der Waals surface area contributed by atoms with Crippen LogP contribution in [0.5, 0.6) is 0 Å². The maximum absolute atomic E-state index is 13.4. The second-order valence-corrected chi connectivity index (χ2v) is 7.46. The molecule has 5 heteroatoms. The summed E-state index contributed by atoms with van der Waals surface area (Å²) in [7, 11) is 1.83. The van der Waals surface area contributed by atoms with Gasteiger partial charge in [0, 0.05) is 43.8 Å². The minimum atomic E-state index is -0.172. The van der Waals surface area contributed by atoms with Gasteiger partial charge in [0.25, 0.3) is 0 Å². The van der Waals surface area contributed by atoms with Crippen molar-refractivity contribution in [2.24, 2.45) is 4.99 Å². The first-order valence-corrected chi connectivity index (χ1v) is 9.78. The summed E-state index contributed by atoms with van der Waals surface area (Å²) in [6.45, 7) is 1.85. The van der Waals surface area contributed by atoms with Crippen molar-refractivity contribution in [3.05, 3.63) is 66.0 Å². The number of hydrogen-bond acceptors (Lipinski definition) is 2. The number of anilines is 1. The molecule has 0 spiro atoms. The van der Waals surface area contributed by atoms with Crippen LogP contribution in [-0.4, -0.2) is 38.2 Å². The third-order valence-electron chi connectivity index (χ3n) is 5.57. The summed E-state index contributed by atoms with van der Waals surface area (Å²) in [6.07, 6.45) is 3.19. The zero-order chi connectivity index (χ0) is 18.6. The van der Waals surface area contributed by atoms with Gasteiger partial charge in [0.15, 0.2) is 5.96 Å². The molecule has 27 heavy (non-hydrogen) atoms. The summed E-state index contributed by atoms with van der Waals surface area (Å²) in [5, 5.41) is 7.13. The fraction of sp³-hybridized carbons (Fsp3) is 0.409. The van der Waals surface area contributed by atoms with Crippen molar-refractivity contribution in [1.29, 1.82) is 0 Å². The van der Waals surface area contributed by atoms with E-state index < -0.39 is 0 Å². The first-order chi connectivity index (χ1) is 13.2. The number of halogens is 1. The summed E-state index contributed by atoms with van der Waals surface area (Å²) in [5.74, 6) is 1.30. The van der Waals surface area contributed by atoms with Crippen molar-refractivity contribution in [3.8, 4) is 0 Å². The van der Waals surface area contributed by atoms with Gasteiger partial charge in [0.05, 0.1) is 0 Å². The molecule has 0 aromatic heterocycles. The molecule has 0 radical (unpaired) electrons. The Morgan fingerprint density at radius 2 is 1.81 bits per heavy atom. The molecule has 4 rings (SSSR count). The van der Waals surface area contributed by atoms with Crippen molar-refractivity contribution in [2.45, 2.75) is 37.3 Å². The number of aliphatic imine (C=N–C) groups is 1. The summed E-state index contributed by atoms with van der Waals surface area (Å²) in [4.78, 5) is 6.66. The fourth-order valence-electron chi connectivity index (χ4n) is 3.92. The van der Waals surface area contributed by atoms with E-state index in [9.17, 15) is 4.39 Å². The Morgan fingerprint density at radius 3 is 2.52 bits per heavy atom. The van der Waals surface area contributed by atoms with Crippen LogP contribution >= 0.6 is 0 Å². The summed E-state index contributed by atoms with van der Waals surface area (Å²) in [6, 6.07) is 18.4. The highest BCUT2D eigenvalue weighted by molar-refractivity contribution is 5.81. The minimum absolute atomic E-state index is 0.172. The van der Waals surface area contributed by atoms with E-state index in [1.54, 1.807) is 12.1 Å². The predicted octanol–water partition coefficient (Wildman–Crippen LogP) is 3.52. The Hall–Kier alpha value is -2.56. The van der Waals surface area contributed by atoms with Gasteiger partial charge in [-0.25, -0.2) is 4.39 Å². The van der Waals surface area contributed by atoms with E-state index in [2.05, 4.69) is 50.9 Å². The highest BCUT2D eigenvalue weighted by Gasteiger charge is 2.39. The van der Waals surface area contributed by atoms with Gasteiger partial charge in [-0.15, -0.1) is 0 Å². The van der Waals surface area contributed by atoms with Gasteiger partial charge in [-0.3, -0.25) is 4.99 Å². The van der Waals surface area contributed by atoms with Crippen molar-refractivity contribution in [1.82, 2.24) is 10.6 Å². The molecule has 1 saturated heterocycles. The van der Waals surface area contributed by atoms with E-state index in [0.717, 1.165) is 44.0 Å². The van der Waals surface area contributed by atoms with Gasteiger partial charge < -0.3 is 15.5 Å². The molecular formula is C22H27FN4. The van der Waals surface area contributed by atoms with Crippen LogP contribution in [0, 0.1) is 5.82 Å². The van der Waals surface area contributed by atoms with Crippen LogP contribution in [-0.2, 0) is 0 Å². The maximum Gasteiger partial charge on any atom is 0.191 e. The zero-order valence-corrected chi connectivity index (χ0v) is 15.7. The van der Waals surface area contributed by atoms with E-state index in [4.69, 9.17) is 0 Å². The Labute approximate surface area is 160 Å². The molecule has 4 nitrogen and oxygen atoms in total. The lowest BCUT2D eigenvalue weighted by Gasteiger charge is -2.34. The molecule has 2 atom stereocenters. The Balaban J connectivity index is 1.26. The molecule has 1 heterocycles. The SMILES string of the molecule is CN=C(NC1CCN(c2cccc(F)c2)CC1)NC1CC1c1ccccc1. The quantitative estimate of drug-likeness (QED) is 0.642. The van der Waals surface area contributed by atoms with Crippen LogP contribution in [0.2, 0.25) is 0 Å². The van der Waals surface area contributed by atoms with Crippen molar-refractivity contribution < 1.29 is 4.39 Å². The molecular weight excluding hydrogens is 339 g/mol. The van der Waals surface area contributed by atoms with Gasteiger partial charge in [0.2, 0.25) is 0 Å². The van der Waals surface area contributed by atoms with Crippen LogP contribution in [0.4, 0.5) is 10.1 Å². The maximum atomic E-state index is 13.4. The topological polar surface area (TPSA) is 39.7 Å². The van der Waals surface area contributed by atoms with Crippen molar-refractivity contribution in [3.63, 3.8) is 0 Å². The summed E-state index contributed by atoms with van der Waals surface area (Å²) < 4.78 is 13.4. The van der Waals surface area contributed by atoms with Gasteiger partial charge in [0.1, 0.15) is 5.82 Å². The molecule has 1 aliphatic heterocycles. The van der Waals surface area contributed by atoms with Crippen LogP contribution in [0.1, 0.15) is 30.7 Å². The molecule has 142 valence electrons. The van der Waals surface area contributed by atoms with Crippen molar-refractivity contribution >= 4 is 11.6 Å². The predicted molar refractivity (Wildman–Crippen MR) is 109 cm³/mol. The Bertz CT molecular complexity index is 784. The zero-order valence-electron chi connectivity index (χ0n) is 15.7. The van der Waals surface area contributed by atoms with Crippen LogP contribution in [0.25, 0.3) is 0 Å². The normalized spacial score (nSPS) is 23.2. The number of nitrogens with zero attached hydrogens (tertiary/aromatic N) is 2. The van der Waals surface area contributed by atoms with Crippen LogP contribution in [0.15, 0.2) is 59.6 Å². The number of piperidine rings is 1. The largest absolute Gasteiger partial charge is 0.371 e. The number of hydrogen-bond donors (Lipinski definition) is 2. The number of rotatable bonds is 4. The molecule has 1 aliphatic carbocycles. The number of nitrogens with one attached hydrogen (secondary N) is 2. The Morgan fingerprint density at radius 1 is 1.04 bits per heavy atom. The molecule has 0 amide bonds. The molecule has 2 unspecified atom stereocenters. The minimum Gasteiger partial charge on any atom is -0.371 e. The van der Waals surface area contributed by atoms with Gasteiger partial charge in [-0.1, -0.05) is 36.4 Å². The van der Waals surface area contributed by atoms with Crippen LogP contribution < -0.4 is 15.5 Å². The van der Waals surface area contributed by atoms with Gasteiger partial charge >= 0.3 is 0 Å². The van der Waals surface area contributed by atoms with E-state index in [-0.39, 0.29) is 5.82 Å². The third kappa shape index (κ3) is 4.41. The lowest BCUT2D eigenvalue weighted by molar-refractivity contribution is 0.461. The first-order valence-electron chi connectivity index (χ1n) is 9.78. The second kappa shape index (κ2) is 7.99.